The Labute approximate surface area is 169 Å². The standard InChI is InChI=1S/C21H24N4O2S/c1-4-26-19-12-16(10-11-18(19)27-14-15(2)3)13-22-25-20(23-24-21(25)28)17-8-6-5-7-9-17/h5-13,15H,4,14H2,1-3H3,(H,24,28)/b22-13-. The normalized spacial score (nSPS) is 11.3. The molecule has 0 bridgehead atoms. The maximum atomic E-state index is 5.85. The quantitative estimate of drug-likeness (QED) is 0.433. The molecular formula is C21H24N4O2S. The Morgan fingerprint density at radius 3 is 2.64 bits per heavy atom. The predicted molar refractivity (Wildman–Crippen MR) is 114 cm³/mol. The highest BCUT2D eigenvalue weighted by molar-refractivity contribution is 7.71. The maximum absolute atomic E-state index is 5.85. The summed E-state index contributed by atoms with van der Waals surface area (Å²) >= 11 is 5.32. The Morgan fingerprint density at radius 2 is 1.93 bits per heavy atom. The second-order valence-electron chi connectivity index (χ2n) is 6.62. The molecule has 1 N–H and O–H groups in total. The smallest absolute Gasteiger partial charge is 0.216 e. The lowest BCUT2D eigenvalue weighted by Crippen LogP contribution is -2.06. The molecule has 2 aromatic carbocycles. The fourth-order valence-electron chi connectivity index (χ4n) is 2.55. The van der Waals surface area contributed by atoms with E-state index in [0.29, 0.717) is 35.5 Å². The van der Waals surface area contributed by atoms with Gasteiger partial charge in [-0.2, -0.15) is 14.9 Å². The molecule has 3 rings (SSSR count). The molecule has 3 aromatic rings. The number of H-pyrrole nitrogens is 1. The average molecular weight is 397 g/mol. The summed E-state index contributed by atoms with van der Waals surface area (Å²) in [5.41, 5.74) is 1.81. The van der Waals surface area contributed by atoms with Crippen LogP contribution < -0.4 is 9.47 Å². The molecule has 0 atom stereocenters. The van der Waals surface area contributed by atoms with Crippen LogP contribution in [0.25, 0.3) is 11.4 Å². The lowest BCUT2D eigenvalue weighted by Gasteiger charge is -2.13. The van der Waals surface area contributed by atoms with Gasteiger partial charge in [-0.05, 0) is 48.8 Å². The van der Waals surface area contributed by atoms with Gasteiger partial charge >= 0.3 is 0 Å². The summed E-state index contributed by atoms with van der Waals surface area (Å²) in [6, 6.07) is 15.5. The summed E-state index contributed by atoms with van der Waals surface area (Å²) in [6.07, 6.45) is 1.73. The van der Waals surface area contributed by atoms with Crippen LogP contribution in [0.5, 0.6) is 11.5 Å². The molecular weight excluding hydrogens is 372 g/mol. The molecule has 0 spiro atoms. The van der Waals surface area contributed by atoms with Crippen molar-refractivity contribution in [1.82, 2.24) is 14.9 Å². The summed E-state index contributed by atoms with van der Waals surface area (Å²) in [7, 11) is 0. The van der Waals surface area contributed by atoms with Gasteiger partial charge in [0.2, 0.25) is 4.77 Å². The molecule has 0 saturated carbocycles. The number of aromatic nitrogens is 3. The summed E-state index contributed by atoms with van der Waals surface area (Å²) in [5.74, 6) is 2.53. The van der Waals surface area contributed by atoms with Crippen molar-refractivity contribution in [1.29, 1.82) is 0 Å². The first-order valence-corrected chi connectivity index (χ1v) is 9.66. The lowest BCUT2D eigenvalue weighted by molar-refractivity contribution is 0.248. The molecule has 1 aromatic heterocycles. The first kappa shape index (κ1) is 19.8. The first-order valence-electron chi connectivity index (χ1n) is 9.25. The second kappa shape index (κ2) is 9.32. The minimum atomic E-state index is 0.428. The van der Waals surface area contributed by atoms with Crippen molar-refractivity contribution < 1.29 is 9.47 Å². The van der Waals surface area contributed by atoms with Crippen molar-refractivity contribution >= 4 is 18.4 Å². The van der Waals surface area contributed by atoms with Crippen molar-refractivity contribution in [3.8, 4) is 22.9 Å². The van der Waals surface area contributed by atoms with Crippen LogP contribution in [-0.2, 0) is 0 Å². The summed E-state index contributed by atoms with van der Waals surface area (Å²) in [6.45, 7) is 7.37. The van der Waals surface area contributed by atoms with E-state index in [0.717, 1.165) is 16.9 Å². The Morgan fingerprint density at radius 1 is 1.14 bits per heavy atom. The molecule has 0 saturated heterocycles. The third kappa shape index (κ3) is 4.86. The Hall–Kier alpha value is -2.93. The molecule has 0 unspecified atom stereocenters. The minimum absolute atomic E-state index is 0.428. The predicted octanol–water partition coefficient (Wildman–Crippen LogP) is 4.92. The molecule has 6 nitrogen and oxygen atoms in total. The molecule has 28 heavy (non-hydrogen) atoms. The van der Waals surface area contributed by atoms with E-state index < -0.39 is 0 Å². The van der Waals surface area contributed by atoms with E-state index in [4.69, 9.17) is 21.7 Å². The Bertz CT molecular complexity index is 993. The number of ether oxygens (including phenoxy) is 2. The Kier molecular flexibility index (Phi) is 6.60. The van der Waals surface area contributed by atoms with Crippen LogP contribution in [0, 0.1) is 10.7 Å². The zero-order valence-electron chi connectivity index (χ0n) is 16.3. The number of hydrogen-bond acceptors (Lipinski definition) is 5. The molecule has 0 amide bonds. The van der Waals surface area contributed by atoms with Gasteiger partial charge in [-0.25, -0.2) is 5.10 Å². The highest BCUT2D eigenvalue weighted by atomic mass is 32.1. The van der Waals surface area contributed by atoms with Gasteiger partial charge in [0.1, 0.15) is 0 Å². The van der Waals surface area contributed by atoms with Crippen LogP contribution in [0.1, 0.15) is 26.3 Å². The van der Waals surface area contributed by atoms with E-state index in [1.54, 1.807) is 10.9 Å². The third-order valence-electron chi connectivity index (χ3n) is 3.84. The fraction of sp³-hybridized carbons (Fsp3) is 0.286. The number of benzene rings is 2. The highest BCUT2D eigenvalue weighted by Gasteiger charge is 2.09. The van der Waals surface area contributed by atoms with Crippen LogP contribution in [0.15, 0.2) is 53.6 Å². The van der Waals surface area contributed by atoms with E-state index in [1.165, 1.54) is 0 Å². The van der Waals surface area contributed by atoms with Crippen molar-refractivity contribution in [3.63, 3.8) is 0 Å². The molecule has 0 aliphatic rings. The van der Waals surface area contributed by atoms with Gasteiger partial charge in [0, 0.05) is 5.56 Å². The van der Waals surface area contributed by atoms with Crippen molar-refractivity contribution in [2.24, 2.45) is 11.0 Å². The van der Waals surface area contributed by atoms with Gasteiger partial charge in [0.25, 0.3) is 0 Å². The molecule has 146 valence electrons. The van der Waals surface area contributed by atoms with Crippen LogP contribution in [-0.4, -0.2) is 34.3 Å². The van der Waals surface area contributed by atoms with Crippen LogP contribution >= 0.6 is 12.2 Å². The molecule has 7 heteroatoms. The minimum Gasteiger partial charge on any atom is -0.490 e. The van der Waals surface area contributed by atoms with E-state index in [2.05, 4.69) is 29.1 Å². The van der Waals surface area contributed by atoms with Gasteiger partial charge in [0.15, 0.2) is 17.3 Å². The maximum Gasteiger partial charge on any atom is 0.216 e. The number of rotatable bonds is 8. The van der Waals surface area contributed by atoms with E-state index in [-0.39, 0.29) is 0 Å². The van der Waals surface area contributed by atoms with Gasteiger partial charge in [-0.3, -0.25) is 0 Å². The van der Waals surface area contributed by atoms with Gasteiger partial charge < -0.3 is 9.47 Å². The topological polar surface area (TPSA) is 64.4 Å². The summed E-state index contributed by atoms with van der Waals surface area (Å²) in [4.78, 5) is 0. The van der Waals surface area contributed by atoms with E-state index in [9.17, 15) is 0 Å². The fourth-order valence-corrected chi connectivity index (χ4v) is 2.73. The molecule has 0 fully saturated rings. The number of nitrogens with zero attached hydrogens (tertiary/aromatic N) is 3. The SMILES string of the molecule is CCOc1cc(/C=N\n2c(-c3ccccc3)n[nH]c2=S)ccc1OCC(C)C. The van der Waals surface area contributed by atoms with Gasteiger partial charge in [0.05, 0.1) is 19.4 Å². The van der Waals surface area contributed by atoms with E-state index in [1.807, 2.05) is 55.5 Å². The van der Waals surface area contributed by atoms with Crippen LogP contribution in [0.3, 0.4) is 0 Å². The van der Waals surface area contributed by atoms with Crippen LogP contribution in [0.4, 0.5) is 0 Å². The number of hydrogen-bond donors (Lipinski definition) is 1. The Balaban J connectivity index is 1.88. The highest BCUT2D eigenvalue weighted by Crippen LogP contribution is 2.28. The molecule has 0 aliphatic carbocycles. The largest absolute Gasteiger partial charge is 0.490 e. The van der Waals surface area contributed by atoms with Gasteiger partial charge in [-0.1, -0.05) is 44.2 Å². The zero-order chi connectivity index (χ0) is 19.9. The number of aromatic amines is 1. The zero-order valence-corrected chi connectivity index (χ0v) is 17.1. The summed E-state index contributed by atoms with van der Waals surface area (Å²) in [5, 5.41) is 11.6. The first-order chi connectivity index (χ1) is 13.6. The van der Waals surface area contributed by atoms with Crippen molar-refractivity contribution in [2.45, 2.75) is 20.8 Å². The summed E-state index contributed by atoms with van der Waals surface area (Å²) < 4.78 is 13.6. The van der Waals surface area contributed by atoms with Gasteiger partial charge in [-0.15, -0.1) is 0 Å². The second-order valence-corrected chi connectivity index (χ2v) is 7.01. The monoisotopic (exact) mass is 396 g/mol. The van der Waals surface area contributed by atoms with Crippen molar-refractivity contribution in [2.75, 3.05) is 13.2 Å². The number of nitrogens with one attached hydrogen (secondary N) is 1. The molecule has 0 aliphatic heterocycles. The van der Waals surface area contributed by atoms with Crippen LogP contribution in [0.2, 0.25) is 0 Å². The molecule has 0 radical (unpaired) electrons. The van der Waals surface area contributed by atoms with Crippen molar-refractivity contribution in [3.05, 3.63) is 58.9 Å². The molecule has 1 heterocycles. The van der Waals surface area contributed by atoms with E-state index >= 15 is 0 Å². The lowest BCUT2D eigenvalue weighted by atomic mass is 10.2. The average Bonchev–Trinajstić information content (AvgIpc) is 3.07. The third-order valence-corrected chi connectivity index (χ3v) is 4.11.